The van der Waals surface area contributed by atoms with Gasteiger partial charge >= 0.3 is 0 Å². The fourth-order valence-corrected chi connectivity index (χ4v) is 15.8. The maximum atomic E-state index is 5.77. The van der Waals surface area contributed by atoms with Crippen LogP contribution in [-0.4, -0.2) is 35.8 Å². The molecule has 18 aromatic rings. The Hall–Kier alpha value is -13.5. The van der Waals surface area contributed by atoms with Crippen molar-refractivity contribution in [1.29, 1.82) is 0 Å². The van der Waals surface area contributed by atoms with Crippen LogP contribution in [0.2, 0.25) is 0 Å². The molecule has 20 rings (SSSR count). The van der Waals surface area contributed by atoms with Gasteiger partial charge in [0.1, 0.15) is 0 Å². The first-order chi connectivity index (χ1) is 50.1. The van der Waals surface area contributed by atoms with E-state index < -0.39 is 0 Å². The van der Waals surface area contributed by atoms with Crippen LogP contribution in [0.15, 0.2) is 358 Å². The molecular weight excluding hydrogens is 1230 g/mol. The zero-order valence-electron chi connectivity index (χ0n) is 54.7. The van der Waals surface area contributed by atoms with Crippen molar-refractivity contribution in [2.24, 2.45) is 0 Å². The van der Waals surface area contributed by atoms with Crippen molar-refractivity contribution in [3.05, 3.63) is 358 Å². The fraction of sp³-hybridized carbons (Fsp3) is 0. The van der Waals surface area contributed by atoms with E-state index in [0.29, 0.717) is 11.6 Å². The van der Waals surface area contributed by atoms with Crippen LogP contribution < -0.4 is 26.2 Å². The Morgan fingerprint density at radius 3 is 1.26 bits per heavy atom. The number of fused-ring (bicyclic) bond motifs is 10. The molecule has 0 atom stereocenters. The summed E-state index contributed by atoms with van der Waals surface area (Å²) in [6.07, 6.45) is 0. The van der Waals surface area contributed by atoms with Crippen LogP contribution in [0.3, 0.4) is 0 Å². The molecule has 6 heterocycles. The second-order valence-corrected chi connectivity index (χ2v) is 26.1. The van der Waals surface area contributed by atoms with Crippen molar-refractivity contribution in [1.82, 2.24) is 29.1 Å². The summed E-state index contributed by atoms with van der Waals surface area (Å²) in [5, 5.41) is 4.70. The minimum absolute atomic E-state index is 0.0603. The smallest absolute Gasteiger partial charge is 0.252 e. The Morgan fingerprint density at radius 2 is 0.644 bits per heavy atom. The summed E-state index contributed by atoms with van der Waals surface area (Å²) in [5.74, 6) is 1.25. The second kappa shape index (κ2) is 23.7. The molecule has 2 aliphatic rings. The molecule has 4 aromatic heterocycles. The SMILES string of the molecule is c1ccc(-c2cc(-c3ccc(-n4c5ccccc5c5cc6c7ccccc7n(-c7ccccc7)c6cc54)c(-c4cc(-c5ccccc5)nc(-c5cccc(-c6ccc(N7c8ccccc8B8c9ccccc9N(c9ccccc9)c9cccc7c98)cc6)c5)n4)c3)nc(-c3ccccc3)n2)cc1. The molecular formula is C92H59BN8. The Balaban J connectivity index is 0.762. The molecule has 0 amide bonds. The predicted molar refractivity (Wildman–Crippen MR) is 418 cm³/mol. The van der Waals surface area contributed by atoms with E-state index in [0.717, 1.165) is 123 Å². The number of anilines is 6. The number of hydrogen-bond donors (Lipinski definition) is 0. The number of rotatable bonds is 11. The second-order valence-electron chi connectivity index (χ2n) is 26.1. The van der Waals surface area contributed by atoms with Gasteiger partial charge in [0, 0.05) is 94.7 Å². The largest absolute Gasteiger partial charge is 0.311 e. The van der Waals surface area contributed by atoms with E-state index in [2.05, 4.69) is 353 Å². The van der Waals surface area contributed by atoms with Gasteiger partial charge in [-0.05, 0) is 143 Å². The maximum Gasteiger partial charge on any atom is 0.252 e. The van der Waals surface area contributed by atoms with Gasteiger partial charge in [-0.2, -0.15) is 0 Å². The van der Waals surface area contributed by atoms with Gasteiger partial charge in [0.05, 0.1) is 50.5 Å². The quantitative estimate of drug-likeness (QED) is 0.120. The molecule has 0 radical (unpaired) electrons. The molecule has 8 nitrogen and oxygen atoms in total. The summed E-state index contributed by atoms with van der Waals surface area (Å²) in [7, 11) is 0. The van der Waals surface area contributed by atoms with Crippen LogP contribution in [0.4, 0.5) is 34.1 Å². The van der Waals surface area contributed by atoms with E-state index in [1.807, 2.05) is 24.3 Å². The summed E-state index contributed by atoms with van der Waals surface area (Å²) in [6, 6.07) is 128. The first-order valence-electron chi connectivity index (χ1n) is 34.4. The highest BCUT2D eigenvalue weighted by Gasteiger charge is 2.43. The monoisotopic (exact) mass is 1290 g/mol. The molecule has 0 aliphatic carbocycles. The molecule has 0 saturated heterocycles. The van der Waals surface area contributed by atoms with Crippen LogP contribution in [0.5, 0.6) is 0 Å². The van der Waals surface area contributed by atoms with E-state index in [1.54, 1.807) is 0 Å². The molecule has 0 unspecified atom stereocenters. The topological polar surface area (TPSA) is 67.9 Å². The van der Waals surface area contributed by atoms with Crippen LogP contribution in [0, 0.1) is 0 Å². The van der Waals surface area contributed by atoms with Gasteiger partial charge in [0.25, 0.3) is 6.71 Å². The van der Waals surface area contributed by atoms with E-state index in [1.165, 1.54) is 49.9 Å². The van der Waals surface area contributed by atoms with E-state index in [-0.39, 0.29) is 6.71 Å². The van der Waals surface area contributed by atoms with Gasteiger partial charge in [-0.3, -0.25) is 0 Å². The molecule has 14 aromatic carbocycles. The molecule has 0 N–H and O–H groups in total. The lowest BCUT2D eigenvalue weighted by Crippen LogP contribution is -2.61. The van der Waals surface area contributed by atoms with Crippen LogP contribution in [0.1, 0.15) is 0 Å². The lowest BCUT2D eigenvalue weighted by atomic mass is 9.33. The summed E-state index contributed by atoms with van der Waals surface area (Å²) in [4.78, 5) is 26.8. The molecule has 0 fully saturated rings. The minimum atomic E-state index is 0.0603. The summed E-state index contributed by atoms with van der Waals surface area (Å²) in [5.41, 5.74) is 28.2. The first kappa shape index (κ1) is 57.7. The highest BCUT2D eigenvalue weighted by atomic mass is 15.2. The summed E-state index contributed by atoms with van der Waals surface area (Å²) < 4.78 is 4.85. The average molecular weight is 1290 g/mol. The van der Waals surface area contributed by atoms with Crippen LogP contribution in [0.25, 0.3) is 134 Å². The van der Waals surface area contributed by atoms with Gasteiger partial charge in [0.15, 0.2) is 11.6 Å². The van der Waals surface area contributed by atoms with Crippen LogP contribution >= 0.6 is 0 Å². The Labute approximate surface area is 584 Å². The zero-order valence-corrected chi connectivity index (χ0v) is 54.7. The van der Waals surface area contributed by atoms with Crippen molar-refractivity contribution < 1.29 is 0 Å². The van der Waals surface area contributed by atoms with Crippen molar-refractivity contribution in [2.45, 2.75) is 0 Å². The van der Waals surface area contributed by atoms with Crippen molar-refractivity contribution in [3.63, 3.8) is 0 Å². The summed E-state index contributed by atoms with van der Waals surface area (Å²) >= 11 is 0. The van der Waals surface area contributed by atoms with Gasteiger partial charge in [-0.25, -0.2) is 19.9 Å². The Bertz CT molecular complexity index is 6220. The fourth-order valence-electron chi connectivity index (χ4n) is 15.8. The van der Waals surface area contributed by atoms with Crippen molar-refractivity contribution >= 4 is 101 Å². The van der Waals surface area contributed by atoms with E-state index >= 15 is 0 Å². The van der Waals surface area contributed by atoms with Crippen molar-refractivity contribution in [2.75, 3.05) is 9.80 Å². The third kappa shape index (κ3) is 9.61. The number of aromatic nitrogens is 6. The highest BCUT2D eigenvalue weighted by Crippen LogP contribution is 2.47. The predicted octanol–water partition coefficient (Wildman–Crippen LogP) is 21.2. The van der Waals surface area contributed by atoms with Gasteiger partial charge in [0.2, 0.25) is 0 Å². The number of hydrogen-bond acceptors (Lipinski definition) is 6. The normalized spacial score (nSPS) is 12.3. The lowest BCUT2D eigenvalue weighted by molar-refractivity contribution is 1.14. The molecule has 101 heavy (non-hydrogen) atoms. The zero-order chi connectivity index (χ0) is 66.5. The minimum Gasteiger partial charge on any atom is -0.311 e. The Morgan fingerprint density at radius 1 is 0.218 bits per heavy atom. The number of benzene rings is 14. The third-order valence-corrected chi connectivity index (χ3v) is 20.3. The van der Waals surface area contributed by atoms with Gasteiger partial charge in [-0.15, -0.1) is 0 Å². The molecule has 2 aliphatic heterocycles. The molecule has 470 valence electrons. The van der Waals surface area contributed by atoms with Gasteiger partial charge in [-0.1, -0.05) is 243 Å². The maximum absolute atomic E-state index is 5.77. The standard InChI is InChI=1S/C92H59BN8/c1-6-26-61(27-7-1)77-57-79(96-91(94-77)63-30-10-3-11-31-63)65-50-53-83(101-82-43-21-17-39-71(82)73-56-72-70-38-16-20-42-81(70)98(88(72)59-89(73)101)67-34-12-4-13-35-67)74(55-65)80-58-78(62-28-8-2-9-29-62)95-92(97-80)66-33-24-32-64(54-66)60-48-51-69(52-49-60)100-85-45-23-19-41-76(85)93-75-40-18-22-44-84(75)99(68-36-14-5-15-37-68)86-46-25-47-87(100)90(86)93/h1-59H. The van der Waals surface area contributed by atoms with E-state index in [4.69, 9.17) is 19.9 Å². The lowest BCUT2D eigenvalue weighted by Gasteiger charge is -2.44. The molecule has 0 saturated carbocycles. The van der Waals surface area contributed by atoms with Gasteiger partial charge < -0.3 is 18.9 Å². The number of para-hydroxylation sites is 6. The van der Waals surface area contributed by atoms with Crippen LogP contribution in [-0.2, 0) is 0 Å². The van der Waals surface area contributed by atoms with Crippen molar-refractivity contribution in [3.8, 4) is 90.3 Å². The number of nitrogens with zero attached hydrogens (tertiary/aromatic N) is 8. The van der Waals surface area contributed by atoms with E-state index in [9.17, 15) is 0 Å². The average Bonchev–Trinajstić information content (AvgIpc) is 1.70. The third-order valence-electron chi connectivity index (χ3n) is 20.3. The highest BCUT2D eigenvalue weighted by molar-refractivity contribution is 7.00. The molecule has 0 spiro atoms. The first-order valence-corrected chi connectivity index (χ1v) is 34.4. The Kier molecular flexibility index (Phi) is 13.5. The summed E-state index contributed by atoms with van der Waals surface area (Å²) in [6.45, 7) is 0.0603. The molecule has 9 heteroatoms. The molecule has 0 bridgehead atoms.